The van der Waals surface area contributed by atoms with E-state index in [0.717, 1.165) is 42.9 Å². The summed E-state index contributed by atoms with van der Waals surface area (Å²) in [6.45, 7) is 2.07. The second-order valence-electron chi connectivity index (χ2n) is 5.18. The second kappa shape index (κ2) is 6.35. The molecule has 0 amide bonds. The molecule has 1 aliphatic rings. The van der Waals surface area contributed by atoms with Crippen molar-refractivity contribution in [3.8, 4) is 0 Å². The maximum atomic E-state index is 12.2. The van der Waals surface area contributed by atoms with Gasteiger partial charge in [0.05, 0.1) is 6.61 Å². The van der Waals surface area contributed by atoms with Crippen molar-refractivity contribution in [2.75, 3.05) is 0 Å². The molecule has 1 heterocycles. The zero-order chi connectivity index (χ0) is 13.9. The van der Waals surface area contributed by atoms with E-state index < -0.39 is 10.0 Å². The normalized spacial score (nSPS) is 24.5. The standard InChI is InChI=1S/C13H21NO3S2/c1-2-10-3-5-12(6-4-10)14-19(16,17)13-7-11(8-15)9-18-13/h7,9-10,12,14-15H,2-6,8H2,1H3. The maximum Gasteiger partial charge on any atom is 0.250 e. The topological polar surface area (TPSA) is 66.4 Å². The molecular formula is C13H21NO3S2. The minimum absolute atomic E-state index is 0.0625. The zero-order valence-corrected chi connectivity index (χ0v) is 12.8. The summed E-state index contributed by atoms with van der Waals surface area (Å²) in [5.41, 5.74) is 0.653. The Kier molecular flexibility index (Phi) is 5.00. The van der Waals surface area contributed by atoms with Gasteiger partial charge in [-0.15, -0.1) is 11.3 Å². The van der Waals surface area contributed by atoms with Crippen LogP contribution in [0.25, 0.3) is 0 Å². The monoisotopic (exact) mass is 303 g/mol. The van der Waals surface area contributed by atoms with Gasteiger partial charge in [0.25, 0.3) is 0 Å². The molecule has 108 valence electrons. The average Bonchev–Trinajstić information content (AvgIpc) is 2.89. The van der Waals surface area contributed by atoms with Gasteiger partial charge in [-0.05, 0) is 48.6 Å². The van der Waals surface area contributed by atoms with Crippen molar-refractivity contribution >= 4 is 21.4 Å². The lowest BCUT2D eigenvalue weighted by atomic mass is 9.85. The van der Waals surface area contributed by atoms with Crippen LogP contribution >= 0.6 is 11.3 Å². The number of rotatable bonds is 5. The minimum atomic E-state index is -3.42. The van der Waals surface area contributed by atoms with Gasteiger partial charge >= 0.3 is 0 Å². The quantitative estimate of drug-likeness (QED) is 0.878. The molecule has 0 aliphatic heterocycles. The van der Waals surface area contributed by atoms with E-state index >= 15 is 0 Å². The van der Waals surface area contributed by atoms with Crippen LogP contribution in [0.1, 0.15) is 44.6 Å². The Morgan fingerprint density at radius 2 is 2.05 bits per heavy atom. The third-order valence-corrected chi connectivity index (χ3v) is 6.83. The van der Waals surface area contributed by atoms with E-state index in [1.165, 1.54) is 6.42 Å². The molecule has 0 bridgehead atoms. The Hall–Kier alpha value is -0.430. The summed E-state index contributed by atoms with van der Waals surface area (Å²) in [5, 5.41) is 10.7. The fourth-order valence-corrected chi connectivity index (χ4v) is 5.07. The van der Waals surface area contributed by atoms with Gasteiger partial charge in [0, 0.05) is 6.04 Å². The van der Waals surface area contributed by atoms with Gasteiger partial charge in [-0.2, -0.15) is 0 Å². The largest absolute Gasteiger partial charge is 0.392 e. The smallest absolute Gasteiger partial charge is 0.250 e. The number of hydrogen-bond donors (Lipinski definition) is 2. The summed E-state index contributed by atoms with van der Waals surface area (Å²) in [6, 6.07) is 1.61. The van der Waals surface area contributed by atoms with E-state index in [4.69, 9.17) is 5.11 Å². The number of thiophene rings is 1. The van der Waals surface area contributed by atoms with Crippen LogP contribution in [0.3, 0.4) is 0 Å². The Morgan fingerprint density at radius 1 is 1.37 bits per heavy atom. The summed E-state index contributed by atoms with van der Waals surface area (Å²) in [6.07, 6.45) is 5.25. The zero-order valence-electron chi connectivity index (χ0n) is 11.1. The van der Waals surface area contributed by atoms with Gasteiger partial charge in [0.1, 0.15) is 4.21 Å². The van der Waals surface area contributed by atoms with Crippen molar-refractivity contribution in [2.45, 2.75) is 55.9 Å². The van der Waals surface area contributed by atoms with Gasteiger partial charge in [-0.25, -0.2) is 13.1 Å². The van der Waals surface area contributed by atoms with Gasteiger partial charge in [0.2, 0.25) is 10.0 Å². The summed E-state index contributed by atoms with van der Waals surface area (Å²) in [5.74, 6) is 0.753. The third-order valence-electron chi connectivity index (χ3n) is 3.82. The third kappa shape index (κ3) is 3.78. The molecule has 0 unspecified atom stereocenters. The van der Waals surface area contributed by atoms with Crippen molar-refractivity contribution in [1.82, 2.24) is 4.72 Å². The van der Waals surface area contributed by atoms with Crippen molar-refractivity contribution in [3.05, 3.63) is 17.0 Å². The number of aliphatic hydroxyl groups excluding tert-OH is 1. The van der Waals surface area contributed by atoms with Crippen LogP contribution in [0, 0.1) is 5.92 Å². The average molecular weight is 303 g/mol. The lowest BCUT2D eigenvalue weighted by Crippen LogP contribution is -2.37. The molecule has 1 aromatic heterocycles. The van der Waals surface area contributed by atoms with E-state index in [-0.39, 0.29) is 12.6 Å². The lowest BCUT2D eigenvalue weighted by Gasteiger charge is -2.27. The number of nitrogens with one attached hydrogen (secondary N) is 1. The Morgan fingerprint density at radius 3 is 2.58 bits per heavy atom. The maximum absolute atomic E-state index is 12.2. The van der Waals surface area contributed by atoms with Crippen molar-refractivity contribution in [1.29, 1.82) is 0 Å². The summed E-state index contributed by atoms with van der Waals surface area (Å²) < 4.78 is 27.5. The van der Waals surface area contributed by atoms with Crippen molar-refractivity contribution in [3.63, 3.8) is 0 Å². The van der Waals surface area contributed by atoms with E-state index in [0.29, 0.717) is 9.77 Å². The van der Waals surface area contributed by atoms with Crippen LogP contribution in [0.5, 0.6) is 0 Å². The van der Waals surface area contributed by atoms with Gasteiger partial charge in [0.15, 0.2) is 0 Å². The molecule has 19 heavy (non-hydrogen) atoms. The summed E-state index contributed by atoms with van der Waals surface area (Å²) in [4.78, 5) is 0. The fourth-order valence-electron chi connectivity index (χ4n) is 2.54. The van der Waals surface area contributed by atoms with Crippen LogP contribution in [0.15, 0.2) is 15.7 Å². The fraction of sp³-hybridized carbons (Fsp3) is 0.692. The first-order valence-corrected chi connectivity index (χ1v) is 9.12. The second-order valence-corrected chi connectivity index (χ2v) is 8.03. The Labute approximate surface area is 118 Å². The molecule has 0 saturated heterocycles. The highest BCUT2D eigenvalue weighted by Crippen LogP contribution is 2.28. The lowest BCUT2D eigenvalue weighted by molar-refractivity contribution is 0.282. The summed E-state index contributed by atoms with van der Waals surface area (Å²) >= 11 is 1.16. The first-order chi connectivity index (χ1) is 9.05. The van der Waals surface area contributed by atoms with Crippen LogP contribution in [0.4, 0.5) is 0 Å². The van der Waals surface area contributed by atoms with E-state index in [2.05, 4.69) is 11.6 Å². The van der Waals surface area contributed by atoms with Gasteiger partial charge in [-0.1, -0.05) is 13.3 Å². The Balaban J connectivity index is 1.98. The van der Waals surface area contributed by atoms with E-state index in [1.54, 1.807) is 11.4 Å². The van der Waals surface area contributed by atoms with Crippen LogP contribution in [-0.4, -0.2) is 19.6 Å². The van der Waals surface area contributed by atoms with E-state index in [1.807, 2.05) is 0 Å². The molecule has 0 atom stereocenters. The molecule has 1 aromatic rings. The minimum Gasteiger partial charge on any atom is -0.392 e. The first kappa shape index (κ1) is 15.0. The highest BCUT2D eigenvalue weighted by molar-refractivity contribution is 7.91. The molecule has 0 radical (unpaired) electrons. The molecular weight excluding hydrogens is 282 g/mol. The molecule has 2 rings (SSSR count). The van der Waals surface area contributed by atoms with Gasteiger partial charge in [-0.3, -0.25) is 0 Å². The highest BCUT2D eigenvalue weighted by atomic mass is 32.2. The predicted octanol–water partition coefficient (Wildman–Crippen LogP) is 2.49. The highest BCUT2D eigenvalue weighted by Gasteiger charge is 2.25. The molecule has 1 aliphatic carbocycles. The molecule has 0 spiro atoms. The number of sulfonamides is 1. The Bertz CT molecular complexity index is 502. The predicted molar refractivity (Wildman–Crippen MR) is 76.6 cm³/mol. The molecule has 2 N–H and O–H groups in total. The van der Waals surface area contributed by atoms with Crippen LogP contribution in [-0.2, 0) is 16.6 Å². The number of hydrogen-bond acceptors (Lipinski definition) is 4. The molecule has 1 saturated carbocycles. The summed E-state index contributed by atoms with van der Waals surface area (Å²) in [7, 11) is -3.42. The van der Waals surface area contributed by atoms with E-state index in [9.17, 15) is 8.42 Å². The van der Waals surface area contributed by atoms with Crippen molar-refractivity contribution < 1.29 is 13.5 Å². The molecule has 6 heteroatoms. The van der Waals surface area contributed by atoms with Crippen LogP contribution in [0.2, 0.25) is 0 Å². The van der Waals surface area contributed by atoms with Gasteiger partial charge < -0.3 is 5.11 Å². The molecule has 4 nitrogen and oxygen atoms in total. The SMILES string of the molecule is CCC1CCC(NS(=O)(=O)c2cc(CO)cs2)CC1. The van der Waals surface area contributed by atoms with Crippen molar-refractivity contribution in [2.24, 2.45) is 5.92 Å². The number of aliphatic hydroxyl groups is 1. The first-order valence-electron chi connectivity index (χ1n) is 6.75. The van der Waals surface area contributed by atoms with Crippen LogP contribution < -0.4 is 4.72 Å². The molecule has 0 aromatic carbocycles. The molecule has 1 fully saturated rings.